The Hall–Kier alpha value is -8.78. The minimum atomic E-state index is -0.898. The third kappa shape index (κ3) is 5.33. The lowest BCUT2D eigenvalue weighted by atomic mass is 9.88. The van der Waals surface area contributed by atoms with E-state index in [-0.39, 0.29) is 5.69 Å². The zero-order valence-electron chi connectivity index (χ0n) is 52.8. The highest BCUT2D eigenvalue weighted by molar-refractivity contribution is 7.27. The Morgan fingerprint density at radius 2 is 1.00 bits per heavy atom. The second-order valence-corrected chi connectivity index (χ2v) is 18.0. The van der Waals surface area contributed by atoms with Gasteiger partial charge in [-0.2, -0.15) is 5.26 Å². The van der Waals surface area contributed by atoms with Crippen molar-refractivity contribution < 1.29 is 24.7 Å². The van der Waals surface area contributed by atoms with E-state index in [9.17, 15) is 25.5 Å². The van der Waals surface area contributed by atoms with Gasteiger partial charge >= 0.3 is 0 Å². The average Bonchev–Trinajstić information content (AvgIpc) is 1.45. The molecule has 14 aromatic rings. The quantitative estimate of drug-likeness (QED) is 0.159. The highest BCUT2D eigenvalue weighted by atomic mass is 32.1. The van der Waals surface area contributed by atoms with Crippen LogP contribution in [0.1, 0.15) is 30.2 Å². The summed E-state index contributed by atoms with van der Waals surface area (Å²) >= 11 is 2.78. The molecule has 0 aliphatic heterocycles. The van der Waals surface area contributed by atoms with Crippen molar-refractivity contribution in [2.24, 2.45) is 0 Å². The Kier molecular flexibility index (Phi) is 5.39. The fourth-order valence-electron chi connectivity index (χ4n) is 9.93. The van der Waals surface area contributed by atoms with Gasteiger partial charge in [-0.1, -0.05) is 188 Å². The van der Waals surface area contributed by atoms with Gasteiger partial charge in [0.15, 0.2) is 0 Å². The normalized spacial score (nSPS) is 15.5. The number of nitriles is 1. The molecule has 0 atom stereocenters. The van der Waals surface area contributed by atoms with Crippen LogP contribution in [0.15, 0.2) is 206 Å². The molecule has 0 fully saturated rings. The van der Waals surface area contributed by atoms with E-state index in [0.717, 1.165) is 46.6 Å². The molecule has 14 rings (SSSR count). The third-order valence-corrected chi connectivity index (χ3v) is 15.1. The molecule has 0 saturated heterocycles. The van der Waals surface area contributed by atoms with Crippen LogP contribution in [-0.4, -0.2) is 9.13 Å². The van der Waals surface area contributed by atoms with E-state index >= 15 is 0 Å². The van der Waals surface area contributed by atoms with Crippen molar-refractivity contribution in [1.82, 2.24) is 9.13 Å². The van der Waals surface area contributed by atoms with E-state index < -0.39 is 170 Å². The number of hydrogen-bond donors (Lipinski definition) is 0. The van der Waals surface area contributed by atoms with Crippen LogP contribution < -0.4 is 0 Å². The predicted molar refractivity (Wildman–Crippen MR) is 288 cm³/mol. The molecule has 0 amide bonds. The number of aromatic nitrogens is 2. The Morgan fingerprint density at radius 1 is 0.456 bits per heavy atom. The molecule has 4 aromatic heterocycles. The second kappa shape index (κ2) is 14.9. The van der Waals surface area contributed by atoms with Crippen LogP contribution in [0, 0.1) is 17.9 Å². The van der Waals surface area contributed by atoms with E-state index in [1.54, 1.807) is 4.57 Å². The Morgan fingerprint density at radius 3 is 1.66 bits per heavy atom. The van der Waals surface area contributed by atoms with Crippen molar-refractivity contribution >= 4 is 112 Å². The fourth-order valence-corrected chi connectivity index (χ4v) is 12.5. The SMILES string of the molecule is [2H]c1c([2H])c([2H])c(-c2c(C#N)c(-n3c4c([2H])c([2H])c([2H])c([2H])c4c4c([2H])c([2H])c([2H])c([2H])c43)c(-c3c([2H])c([2H])c([2H])c([2H])c3[2H])c(-n3c4c(ccc5c6ccccc6sc54)c4ccc5c6cccc(-c7ccccc7)c6sc5c43)c2[N+]#[C-])c([2H])c1[2H]. The lowest BCUT2D eigenvalue weighted by Gasteiger charge is -2.26. The molecule has 0 bridgehead atoms. The van der Waals surface area contributed by atoms with Crippen molar-refractivity contribution in [2.75, 3.05) is 0 Å². The predicted octanol–water partition coefficient (Wildman–Crippen LogP) is 18.0. The standard InChI is InChI=1S/C62H34N4S2/c1-64-55-53(38-20-7-3-8-21-38)49(36-63)56(65-50-29-14-11-24-41(50)42-25-12-15-30-51(42)65)54(39-22-9-4-10-23-39)59(55)66-57-44(32-34-47-43-26-13-16-31-52(43)67-61(47)57)45-33-35-48-46-28-17-27-40(37-18-5-2-6-19-37)60(46)68-62(48)58(45)66/h2-35H/i3D,4D,7D,8D,9D,10D,11D,12D,14D,15D,20D,21D,22D,23D,24D,25D,29D,30D. The molecule has 10 aromatic carbocycles. The Balaban J connectivity index is 1.39. The van der Waals surface area contributed by atoms with Gasteiger partial charge in [0.2, 0.25) is 5.69 Å². The minimum Gasteiger partial charge on any atom is -0.316 e. The van der Waals surface area contributed by atoms with Gasteiger partial charge in [-0.25, -0.2) is 4.85 Å². The summed E-state index contributed by atoms with van der Waals surface area (Å²) in [5, 5.41) is 15.5. The smallest absolute Gasteiger partial charge is 0.220 e. The summed E-state index contributed by atoms with van der Waals surface area (Å²) < 4.78 is 174. The maximum Gasteiger partial charge on any atom is 0.220 e. The molecular formula is C62H34N4S2. The van der Waals surface area contributed by atoms with Gasteiger partial charge in [0, 0.05) is 63.6 Å². The van der Waals surface area contributed by atoms with E-state index in [0.29, 0.717) is 31.2 Å². The van der Waals surface area contributed by atoms with Crippen molar-refractivity contribution in [1.29, 1.82) is 5.26 Å². The van der Waals surface area contributed by atoms with Gasteiger partial charge in [0.25, 0.3) is 0 Å². The number of rotatable bonds is 5. The first kappa shape index (κ1) is 24.7. The van der Waals surface area contributed by atoms with Crippen LogP contribution in [0.5, 0.6) is 0 Å². The van der Waals surface area contributed by atoms with Gasteiger partial charge in [0.05, 0.1) is 79.7 Å². The van der Waals surface area contributed by atoms with E-state index in [1.807, 2.05) is 97.1 Å². The lowest BCUT2D eigenvalue weighted by molar-refractivity contribution is 1.14. The topological polar surface area (TPSA) is 38.0 Å². The number of thiophene rings is 2. The largest absolute Gasteiger partial charge is 0.316 e. The molecule has 0 saturated carbocycles. The molecular weight excluding hydrogens is 865 g/mol. The first-order chi connectivity index (χ1) is 41.2. The van der Waals surface area contributed by atoms with Gasteiger partial charge < -0.3 is 9.13 Å². The third-order valence-electron chi connectivity index (χ3n) is 12.6. The van der Waals surface area contributed by atoms with Crippen molar-refractivity contribution in [3.8, 4) is 50.8 Å². The van der Waals surface area contributed by atoms with Crippen molar-refractivity contribution in [3.05, 3.63) is 223 Å². The molecule has 314 valence electrons. The monoisotopic (exact) mass is 916 g/mol. The molecule has 68 heavy (non-hydrogen) atoms. The summed E-state index contributed by atoms with van der Waals surface area (Å²) in [6.45, 7) is 9.55. The molecule has 0 spiro atoms. The van der Waals surface area contributed by atoms with E-state index in [1.165, 1.54) is 22.7 Å². The Bertz CT molecular complexity index is 5480. The van der Waals surface area contributed by atoms with Gasteiger partial charge in [-0.15, -0.1) is 22.7 Å². The average molecular weight is 917 g/mol. The number of hydrogen-bond acceptors (Lipinski definition) is 3. The van der Waals surface area contributed by atoms with Crippen molar-refractivity contribution in [2.45, 2.75) is 0 Å². The van der Waals surface area contributed by atoms with Crippen LogP contribution in [0.4, 0.5) is 5.69 Å². The molecule has 4 heterocycles. The maximum absolute atomic E-state index is 12.2. The van der Waals surface area contributed by atoms with Crippen LogP contribution in [0.3, 0.4) is 0 Å². The lowest BCUT2D eigenvalue weighted by Crippen LogP contribution is -2.08. The number of benzene rings is 10. The molecule has 0 unspecified atom stereocenters. The zero-order chi connectivity index (χ0) is 60.7. The summed E-state index contributed by atoms with van der Waals surface area (Å²) in [7, 11) is 0. The van der Waals surface area contributed by atoms with Gasteiger partial charge in [-0.05, 0) is 40.4 Å². The molecule has 0 N–H and O–H groups in total. The summed E-state index contributed by atoms with van der Waals surface area (Å²) in [6.07, 6.45) is 0. The molecule has 6 heteroatoms. The van der Waals surface area contributed by atoms with Crippen LogP contribution >= 0.6 is 22.7 Å². The molecule has 4 nitrogen and oxygen atoms in total. The highest BCUT2D eigenvalue weighted by Gasteiger charge is 2.33. The van der Waals surface area contributed by atoms with Gasteiger partial charge in [0.1, 0.15) is 6.07 Å². The van der Waals surface area contributed by atoms with Crippen LogP contribution in [0.25, 0.3) is 134 Å². The summed E-state index contributed by atoms with van der Waals surface area (Å²) in [5.74, 6) is 0. The van der Waals surface area contributed by atoms with Crippen molar-refractivity contribution in [3.63, 3.8) is 0 Å². The summed E-state index contributed by atoms with van der Waals surface area (Å²) in [6, 6.07) is 17.6. The van der Waals surface area contributed by atoms with E-state index in [2.05, 4.69) is 10.9 Å². The summed E-state index contributed by atoms with van der Waals surface area (Å²) in [5.41, 5.74) is -3.72. The fraction of sp³-hybridized carbons (Fsp3) is 0. The molecule has 0 aliphatic carbocycles. The maximum atomic E-state index is 12.2. The highest BCUT2D eigenvalue weighted by Crippen LogP contribution is 2.55. The van der Waals surface area contributed by atoms with E-state index in [4.69, 9.17) is 11.0 Å². The number of para-hydroxylation sites is 2. The summed E-state index contributed by atoms with van der Waals surface area (Å²) in [4.78, 5) is 4.20. The first-order valence-corrected chi connectivity index (χ1v) is 22.8. The van der Waals surface area contributed by atoms with Crippen LogP contribution in [-0.2, 0) is 0 Å². The van der Waals surface area contributed by atoms with Gasteiger partial charge in [-0.3, -0.25) is 0 Å². The minimum absolute atomic E-state index is 0.370. The second-order valence-electron chi connectivity index (χ2n) is 15.9. The zero-order valence-corrected chi connectivity index (χ0v) is 36.5. The first-order valence-electron chi connectivity index (χ1n) is 30.1. The number of fused-ring (bicyclic) bond motifs is 14. The van der Waals surface area contributed by atoms with Crippen LogP contribution in [0.2, 0.25) is 0 Å². The number of nitrogens with zero attached hydrogens (tertiary/aromatic N) is 4. The Labute approximate surface area is 423 Å². The molecule has 0 aliphatic rings. The molecule has 0 radical (unpaired) electrons.